The first-order valence-electron chi connectivity index (χ1n) is 15.2. The van der Waals surface area contributed by atoms with Crippen LogP contribution in [0.4, 0.5) is 11.4 Å². The number of hydrogen-bond donors (Lipinski definition) is 4. The molecule has 4 rings (SSSR count). The van der Waals surface area contributed by atoms with Gasteiger partial charge in [0.05, 0.1) is 36.7 Å². The van der Waals surface area contributed by atoms with Crippen molar-refractivity contribution in [2.24, 2.45) is 0 Å². The summed E-state index contributed by atoms with van der Waals surface area (Å²) in [5.74, 6) is 3.58. The maximum absolute atomic E-state index is 12.1. The molecule has 0 saturated carbocycles. The zero-order chi connectivity index (χ0) is 37.9. The highest BCUT2D eigenvalue weighted by Crippen LogP contribution is 2.29. The number of amides is 2. The van der Waals surface area contributed by atoms with Crippen LogP contribution in [0.5, 0.6) is 23.0 Å². The summed E-state index contributed by atoms with van der Waals surface area (Å²) >= 11 is 0. The van der Waals surface area contributed by atoms with Gasteiger partial charge < -0.3 is 39.8 Å². The Balaban J connectivity index is 0.000000280. The third-order valence-electron chi connectivity index (χ3n) is 6.68. The lowest BCUT2D eigenvalue weighted by Crippen LogP contribution is -2.11. The molecule has 0 aliphatic rings. The van der Waals surface area contributed by atoms with Crippen molar-refractivity contribution in [2.45, 2.75) is 0 Å². The number of carboxylic acid groups (broad SMARTS) is 2. The molecule has 0 spiro atoms. The second-order valence-corrected chi connectivity index (χ2v) is 10.2. The van der Waals surface area contributed by atoms with Crippen LogP contribution in [0.2, 0.25) is 0 Å². The molecule has 0 aliphatic heterocycles. The summed E-state index contributed by atoms with van der Waals surface area (Å²) < 4.78 is 21.2. The Morgan fingerprint density at radius 1 is 0.615 bits per heavy atom. The number of methoxy groups -OCH3 is 2. The van der Waals surface area contributed by atoms with Crippen molar-refractivity contribution in [3.8, 4) is 47.7 Å². The Labute approximate surface area is 300 Å². The average Bonchev–Trinajstić information content (AvgIpc) is 3.15. The molecule has 264 valence electrons. The number of carboxylic acids is 2. The van der Waals surface area contributed by atoms with Crippen LogP contribution in [-0.4, -0.2) is 61.4 Å². The smallest absolute Gasteiger partial charge is 0.337 e. The van der Waals surface area contributed by atoms with Gasteiger partial charge in [0.1, 0.15) is 13.2 Å². The van der Waals surface area contributed by atoms with Crippen LogP contribution >= 0.6 is 0 Å². The lowest BCUT2D eigenvalue weighted by Gasteiger charge is -2.09. The van der Waals surface area contributed by atoms with E-state index in [1.54, 1.807) is 72.8 Å². The monoisotopic (exact) mass is 702 g/mol. The Morgan fingerprint density at radius 2 is 1.04 bits per heavy atom. The Bertz CT molecular complexity index is 2050. The summed E-state index contributed by atoms with van der Waals surface area (Å²) in [6.07, 6.45) is 16.1. The van der Waals surface area contributed by atoms with Gasteiger partial charge >= 0.3 is 11.9 Å². The first-order chi connectivity index (χ1) is 25.1. The van der Waals surface area contributed by atoms with E-state index >= 15 is 0 Å². The summed E-state index contributed by atoms with van der Waals surface area (Å²) in [4.78, 5) is 46.4. The van der Waals surface area contributed by atoms with Crippen LogP contribution in [0.15, 0.2) is 97.1 Å². The van der Waals surface area contributed by atoms with Crippen LogP contribution in [0.25, 0.3) is 12.2 Å². The Morgan fingerprint density at radius 3 is 1.48 bits per heavy atom. The molecule has 0 aromatic heterocycles. The maximum Gasteiger partial charge on any atom is 0.337 e. The Kier molecular flexibility index (Phi) is 15.1. The number of hydrogen-bond acceptors (Lipinski definition) is 8. The highest BCUT2D eigenvalue weighted by Gasteiger charge is 2.12. The minimum Gasteiger partial charge on any atom is -0.493 e. The van der Waals surface area contributed by atoms with Gasteiger partial charge in [-0.1, -0.05) is 48.2 Å². The molecular formula is C40H34N2O10. The van der Waals surface area contributed by atoms with E-state index in [1.165, 1.54) is 50.6 Å². The third kappa shape index (κ3) is 11.9. The number of aromatic carboxylic acids is 2. The van der Waals surface area contributed by atoms with Gasteiger partial charge in [0.15, 0.2) is 23.0 Å². The van der Waals surface area contributed by atoms with Crippen molar-refractivity contribution in [3.05, 3.63) is 119 Å². The second-order valence-electron chi connectivity index (χ2n) is 10.2. The molecule has 0 saturated heterocycles. The fraction of sp³-hybridized carbons (Fsp3) is 0.100. The quantitative estimate of drug-likeness (QED) is 0.0888. The SMILES string of the molecule is C#CCOc1cc(/C=C/C(=O)Nc2ccccc2C(=O)O)ccc1OC.C#CCOc1ccc(/C=C/C(=O)Nc2ccccc2C(=O)O)cc1OC. The minimum atomic E-state index is -1.12. The van der Waals surface area contributed by atoms with Crippen molar-refractivity contribution in [2.75, 3.05) is 38.1 Å². The van der Waals surface area contributed by atoms with Crippen LogP contribution in [0.1, 0.15) is 31.8 Å². The number of rotatable bonds is 14. The van der Waals surface area contributed by atoms with E-state index in [-0.39, 0.29) is 35.7 Å². The number of carbonyl (C=O) groups excluding carboxylic acids is 2. The summed E-state index contributed by atoms with van der Waals surface area (Å²) in [5.41, 5.74) is 1.89. The fourth-order valence-corrected chi connectivity index (χ4v) is 4.31. The lowest BCUT2D eigenvalue weighted by atomic mass is 10.1. The zero-order valence-corrected chi connectivity index (χ0v) is 28.1. The van der Waals surface area contributed by atoms with E-state index in [1.807, 2.05) is 0 Å². The normalized spacial score (nSPS) is 10.2. The molecule has 0 radical (unpaired) electrons. The molecule has 0 heterocycles. The lowest BCUT2D eigenvalue weighted by molar-refractivity contribution is -0.112. The topological polar surface area (TPSA) is 170 Å². The largest absolute Gasteiger partial charge is 0.493 e. The number of para-hydroxylation sites is 2. The number of nitrogens with one attached hydrogen (secondary N) is 2. The average molecular weight is 703 g/mol. The molecule has 4 aromatic rings. The van der Waals surface area contributed by atoms with E-state index in [0.717, 1.165) is 0 Å². The summed E-state index contributed by atoms with van der Waals surface area (Å²) in [6.45, 7) is 0.215. The van der Waals surface area contributed by atoms with Crippen molar-refractivity contribution in [1.29, 1.82) is 0 Å². The van der Waals surface area contributed by atoms with E-state index in [2.05, 4.69) is 22.5 Å². The number of anilines is 2. The summed E-state index contributed by atoms with van der Waals surface area (Å²) in [6, 6.07) is 22.6. The molecule has 12 nitrogen and oxygen atoms in total. The molecule has 0 aliphatic carbocycles. The predicted molar refractivity (Wildman–Crippen MR) is 197 cm³/mol. The van der Waals surface area contributed by atoms with Gasteiger partial charge in [-0.2, -0.15) is 0 Å². The maximum atomic E-state index is 12.1. The van der Waals surface area contributed by atoms with E-state index in [0.29, 0.717) is 34.1 Å². The molecule has 2 amide bonds. The molecular weight excluding hydrogens is 668 g/mol. The van der Waals surface area contributed by atoms with Crippen molar-refractivity contribution >= 4 is 47.3 Å². The van der Waals surface area contributed by atoms with Gasteiger partial charge in [-0.3, -0.25) is 9.59 Å². The van der Waals surface area contributed by atoms with Crippen LogP contribution < -0.4 is 29.6 Å². The minimum absolute atomic E-state index is 0.0173. The van der Waals surface area contributed by atoms with E-state index in [4.69, 9.17) is 42.0 Å². The van der Waals surface area contributed by atoms with Crippen molar-refractivity contribution < 1.29 is 48.3 Å². The first-order valence-corrected chi connectivity index (χ1v) is 15.2. The molecule has 12 heteroatoms. The summed E-state index contributed by atoms with van der Waals surface area (Å²) in [5, 5.41) is 23.3. The van der Waals surface area contributed by atoms with Crippen molar-refractivity contribution in [1.82, 2.24) is 0 Å². The zero-order valence-electron chi connectivity index (χ0n) is 28.1. The predicted octanol–water partition coefficient (Wildman–Crippen LogP) is 6.11. The number of terminal acetylenes is 2. The highest BCUT2D eigenvalue weighted by atomic mass is 16.5. The molecule has 0 atom stereocenters. The molecule has 4 aromatic carbocycles. The van der Waals surface area contributed by atoms with Crippen LogP contribution in [-0.2, 0) is 9.59 Å². The molecule has 0 unspecified atom stereocenters. The second kappa shape index (κ2) is 20.2. The van der Waals surface area contributed by atoms with Gasteiger partial charge in [-0.05, 0) is 71.8 Å². The van der Waals surface area contributed by atoms with Gasteiger partial charge in [-0.25, -0.2) is 9.59 Å². The molecule has 4 N–H and O–H groups in total. The van der Waals surface area contributed by atoms with Gasteiger partial charge in [0, 0.05) is 12.2 Å². The molecule has 0 fully saturated rings. The van der Waals surface area contributed by atoms with Crippen LogP contribution in [0.3, 0.4) is 0 Å². The number of ether oxygens (including phenoxy) is 4. The number of carbonyl (C=O) groups is 4. The van der Waals surface area contributed by atoms with Gasteiger partial charge in [-0.15, -0.1) is 12.8 Å². The standard InChI is InChI=1S/2C20H17NO5/c1-3-12-26-17-10-8-14(13-18(17)25-2)9-11-19(22)21-16-7-5-4-6-15(16)20(23)24;1-3-12-26-18-13-14(8-10-17(18)25-2)9-11-19(22)21-16-7-5-4-6-15(16)20(23)24/h2*1,4-11,13H,12H2,2H3,(H,21,22)(H,23,24)/b2*11-9+. The van der Waals surface area contributed by atoms with Gasteiger partial charge in [0.25, 0.3) is 0 Å². The highest BCUT2D eigenvalue weighted by molar-refractivity contribution is 6.07. The van der Waals surface area contributed by atoms with E-state index in [9.17, 15) is 19.2 Å². The third-order valence-corrected chi connectivity index (χ3v) is 6.68. The molecule has 0 bridgehead atoms. The fourth-order valence-electron chi connectivity index (χ4n) is 4.31. The number of benzene rings is 4. The van der Waals surface area contributed by atoms with Crippen LogP contribution in [0, 0.1) is 24.7 Å². The van der Waals surface area contributed by atoms with Crippen molar-refractivity contribution in [3.63, 3.8) is 0 Å². The molecule has 52 heavy (non-hydrogen) atoms. The Hall–Kier alpha value is -7.44. The summed E-state index contributed by atoms with van der Waals surface area (Å²) in [7, 11) is 3.02. The first kappa shape index (κ1) is 39.0. The van der Waals surface area contributed by atoms with Gasteiger partial charge in [0.2, 0.25) is 11.8 Å². The van der Waals surface area contributed by atoms with E-state index < -0.39 is 23.8 Å².